The van der Waals surface area contributed by atoms with Crippen LogP contribution in [0.1, 0.15) is 25.5 Å². The molecule has 2 aromatic heterocycles. The van der Waals surface area contributed by atoms with E-state index in [-0.39, 0.29) is 0 Å². The quantitative estimate of drug-likeness (QED) is 0.845. The van der Waals surface area contributed by atoms with Gasteiger partial charge in [0, 0.05) is 36.8 Å². The molecule has 1 aliphatic rings. The van der Waals surface area contributed by atoms with Gasteiger partial charge in [0.05, 0.1) is 11.8 Å². The second kappa shape index (κ2) is 5.61. The Morgan fingerprint density at radius 3 is 3.05 bits per heavy atom. The zero-order valence-electron chi connectivity index (χ0n) is 11.5. The highest BCUT2D eigenvalue weighted by Crippen LogP contribution is 2.36. The van der Waals surface area contributed by atoms with Gasteiger partial charge in [0.2, 0.25) is 0 Å². The third kappa shape index (κ3) is 2.83. The Morgan fingerprint density at radius 1 is 1.58 bits per heavy atom. The Bertz CT molecular complexity index is 503. The van der Waals surface area contributed by atoms with Crippen molar-refractivity contribution in [1.29, 1.82) is 0 Å². The summed E-state index contributed by atoms with van der Waals surface area (Å²) in [5, 5.41) is 5.49. The second-order valence-electron chi connectivity index (χ2n) is 5.18. The van der Waals surface area contributed by atoms with Crippen LogP contribution in [0.15, 0.2) is 17.8 Å². The number of fused-ring (bicyclic) bond motifs is 1. The molecular formula is C14H21N3OS. The highest BCUT2D eigenvalue weighted by Gasteiger charge is 2.36. The van der Waals surface area contributed by atoms with Crippen molar-refractivity contribution in [1.82, 2.24) is 14.7 Å². The zero-order valence-corrected chi connectivity index (χ0v) is 12.3. The van der Waals surface area contributed by atoms with E-state index in [0.717, 1.165) is 29.6 Å². The normalized spacial score (nSPS) is 18.8. The van der Waals surface area contributed by atoms with Gasteiger partial charge in [-0.05, 0) is 32.7 Å². The summed E-state index contributed by atoms with van der Waals surface area (Å²) in [6.45, 7) is 2.87. The van der Waals surface area contributed by atoms with Crippen molar-refractivity contribution < 1.29 is 4.74 Å². The van der Waals surface area contributed by atoms with Gasteiger partial charge in [-0.15, -0.1) is 11.3 Å². The van der Waals surface area contributed by atoms with Gasteiger partial charge < -0.3 is 10.1 Å². The average Bonchev–Trinajstić information content (AvgIpc) is 3.03. The Balaban J connectivity index is 1.72. The highest BCUT2D eigenvalue weighted by molar-refractivity contribution is 7.15. The summed E-state index contributed by atoms with van der Waals surface area (Å²) in [5.74, 6) is 0.737. The van der Waals surface area contributed by atoms with E-state index < -0.39 is 0 Å². The van der Waals surface area contributed by atoms with E-state index in [2.05, 4.69) is 39.4 Å². The molecule has 5 heteroatoms. The van der Waals surface area contributed by atoms with Crippen LogP contribution in [-0.4, -0.2) is 35.2 Å². The van der Waals surface area contributed by atoms with E-state index in [1.54, 1.807) is 11.3 Å². The minimum atomic E-state index is 0.328. The fourth-order valence-electron chi connectivity index (χ4n) is 2.68. The Labute approximate surface area is 117 Å². The van der Waals surface area contributed by atoms with Crippen molar-refractivity contribution in [3.05, 3.63) is 23.5 Å². The predicted octanol–water partition coefficient (Wildman–Crippen LogP) is 2.34. The Kier molecular flexibility index (Phi) is 3.86. The minimum absolute atomic E-state index is 0.328. The van der Waals surface area contributed by atoms with Gasteiger partial charge >= 0.3 is 0 Å². The summed E-state index contributed by atoms with van der Waals surface area (Å²) in [6.07, 6.45) is 8.07. The molecule has 0 spiro atoms. The summed E-state index contributed by atoms with van der Waals surface area (Å²) < 4.78 is 8.05. The summed E-state index contributed by atoms with van der Waals surface area (Å²) in [5.41, 5.74) is 1.15. The van der Waals surface area contributed by atoms with Crippen molar-refractivity contribution in [2.24, 2.45) is 5.92 Å². The molecule has 0 aromatic carbocycles. The van der Waals surface area contributed by atoms with Gasteiger partial charge in [-0.25, -0.2) is 4.98 Å². The van der Waals surface area contributed by atoms with E-state index in [0.29, 0.717) is 12.1 Å². The van der Waals surface area contributed by atoms with Crippen molar-refractivity contribution in [3.63, 3.8) is 0 Å². The van der Waals surface area contributed by atoms with Crippen molar-refractivity contribution in [2.75, 3.05) is 13.7 Å². The molecule has 19 heavy (non-hydrogen) atoms. The van der Waals surface area contributed by atoms with E-state index in [4.69, 9.17) is 4.74 Å². The monoisotopic (exact) mass is 279 g/mol. The van der Waals surface area contributed by atoms with Crippen LogP contribution in [0.25, 0.3) is 4.96 Å². The van der Waals surface area contributed by atoms with Crippen LogP contribution in [0, 0.1) is 5.92 Å². The van der Waals surface area contributed by atoms with Crippen LogP contribution in [0.3, 0.4) is 0 Å². The summed E-state index contributed by atoms with van der Waals surface area (Å²) >= 11 is 1.68. The average molecular weight is 279 g/mol. The largest absolute Gasteiger partial charge is 0.377 e. The number of nitrogens with zero attached hydrogens (tertiary/aromatic N) is 2. The fraction of sp³-hybridized carbons (Fsp3) is 0.643. The number of ether oxygens (including phenoxy) is 1. The molecule has 0 saturated heterocycles. The van der Waals surface area contributed by atoms with Gasteiger partial charge in [0.15, 0.2) is 4.96 Å². The number of aromatic nitrogens is 2. The van der Waals surface area contributed by atoms with Crippen LogP contribution in [0.2, 0.25) is 0 Å². The van der Waals surface area contributed by atoms with E-state index in [1.807, 2.05) is 7.05 Å². The SMILES string of the molecule is CCOC(C1CC1)C(Cc1cn2ccsc2n1)NC. The molecule has 0 aliphatic heterocycles. The summed E-state index contributed by atoms with van der Waals surface area (Å²) in [6, 6.07) is 0.358. The van der Waals surface area contributed by atoms with Gasteiger partial charge in [0.25, 0.3) is 0 Å². The lowest BCUT2D eigenvalue weighted by Crippen LogP contribution is -2.42. The lowest BCUT2D eigenvalue weighted by Gasteiger charge is -2.26. The maximum Gasteiger partial charge on any atom is 0.193 e. The van der Waals surface area contributed by atoms with Crippen LogP contribution in [0.4, 0.5) is 0 Å². The third-order valence-electron chi connectivity index (χ3n) is 3.79. The molecule has 1 aliphatic carbocycles. The molecule has 3 rings (SSSR count). The molecule has 0 bridgehead atoms. The number of hydrogen-bond acceptors (Lipinski definition) is 4. The van der Waals surface area contributed by atoms with E-state index >= 15 is 0 Å². The number of nitrogens with one attached hydrogen (secondary N) is 1. The van der Waals surface area contributed by atoms with Gasteiger partial charge in [-0.3, -0.25) is 4.40 Å². The van der Waals surface area contributed by atoms with Crippen LogP contribution < -0.4 is 5.32 Å². The van der Waals surface area contributed by atoms with Crippen LogP contribution in [0.5, 0.6) is 0 Å². The molecule has 2 atom stereocenters. The fourth-order valence-corrected chi connectivity index (χ4v) is 3.40. The lowest BCUT2D eigenvalue weighted by molar-refractivity contribution is 0.0209. The van der Waals surface area contributed by atoms with Crippen LogP contribution >= 0.6 is 11.3 Å². The molecule has 104 valence electrons. The second-order valence-corrected chi connectivity index (χ2v) is 6.05. The highest BCUT2D eigenvalue weighted by atomic mass is 32.1. The molecule has 0 radical (unpaired) electrons. The first kappa shape index (κ1) is 13.1. The number of thiazole rings is 1. The molecule has 4 nitrogen and oxygen atoms in total. The molecule has 1 N–H and O–H groups in total. The molecule has 2 heterocycles. The molecule has 0 amide bonds. The Hall–Kier alpha value is -0.910. The number of rotatable bonds is 7. The van der Waals surface area contributed by atoms with Gasteiger partial charge in [0.1, 0.15) is 0 Å². The van der Waals surface area contributed by atoms with Crippen molar-refractivity contribution >= 4 is 16.3 Å². The minimum Gasteiger partial charge on any atom is -0.377 e. The first-order chi connectivity index (χ1) is 9.31. The Morgan fingerprint density at radius 2 is 2.42 bits per heavy atom. The van der Waals surface area contributed by atoms with Crippen molar-refractivity contribution in [2.45, 2.75) is 38.3 Å². The van der Waals surface area contributed by atoms with E-state index in [1.165, 1.54) is 12.8 Å². The first-order valence-electron chi connectivity index (χ1n) is 7.01. The molecule has 2 aromatic rings. The smallest absolute Gasteiger partial charge is 0.193 e. The summed E-state index contributed by atoms with van der Waals surface area (Å²) in [7, 11) is 2.03. The molecule has 2 unspecified atom stereocenters. The summed E-state index contributed by atoms with van der Waals surface area (Å²) in [4.78, 5) is 5.74. The van der Waals surface area contributed by atoms with Crippen LogP contribution in [-0.2, 0) is 11.2 Å². The zero-order chi connectivity index (χ0) is 13.2. The number of imidazole rings is 1. The van der Waals surface area contributed by atoms with Gasteiger partial charge in [-0.1, -0.05) is 0 Å². The lowest BCUT2D eigenvalue weighted by atomic mass is 10.0. The van der Waals surface area contributed by atoms with Gasteiger partial charge in [-0.2, -0.15) is 0 Å². The molecular weight excluding hydrogens is 258 g/mol. The standard InChI is InChI=1S/C14H21N3OS/c1-3-18-13(10-4-5-10)12(15-2)8-11-9-17-6-7-19-14(17)16-11/h6-7,9-10,12-13,15H,3-5,8H2,1-2H3. The number of likely N-dealkylation sites (N-methyl/N-ethyl adjacent to an activating group) is 1. The van der Waals surface area contributed by atoms with E-state index in [9.17, 15) is 0 Å². The first-order valence-corrected chi connectivity index (χ1v) is 7.89. The third-order valence-corrected chi connectivity index (χ3v) is 4.56. The maximum absolute atomic E-state index is 5.95. The number of hydrogen-bond donors (Lipinski definition) is 1. The molecule has 1 saturated carbocycles. The topological polar surface area (TPSA) is 38.6 Å². The van der Waals surface area contributed by atoms with Crippen molar-refractivity contribution in [3.8, 4) is 0 Å². The predicted molar refractivity (Wildman–Crippen MR) is 77.8 cm³/mol. The molecule has 1 fully saturated rings. The maximum atomic E-state index is 5.95.